The van der Waals surface area contributed by atoms with E-state index in [2.05, 4.69) is 10.1 Å². The maximum Gasteiger partial charge on any atom is 0.412 e. The first-order valence-electron chi connectivity index (χ1n) is 7.13. The molecule has 24 heavy (non-hydrogen) atoms. The van der Waals surface area contributed by atoms with Crippen molar-refractivity contribution in [2.75, 3.05) is 13.7 Å². The number of halogens is 5. The van der Waals surface area contributed by atoms with E-state index in [9.17, 15) is 26.7 Å². The summed E-state index contributed by atoms with van der Waals surface area (Å²) in [5.41, 5.74) is 0. The van der Waals surface area contributed by atoms with Gasteiger partial charge in [0.25, 0.3) is 0 Å². The number of unbranched alkanes of at least 4 members (excludes halogenated alkanes) is 1. The van der Waals surface area contributed by atoms with Gasteiger partial charge in [-0.1, -0.05) is 6.42 Å². The Morgan fingerprint density at radius 1 is 0.958 bits per heavy atom. The molecule has 0 aliphatic carbocycles. The fraction of sp³-hybridized carbons (Fsp3) is 0.500. The predicted molar refractivity (Wildman–Crippen MR) is 78.8 cm³/mol. The van der Waals surface area contributed by atoms with Crippen molar-refractivity contribution in [2.45, 2.75) is 32.0 Å². The summed E-state index contributed by atoms with van der Waals surface area (Å²) in [6.07, 6.45) is -0.0107. The zero-order valence-corrected chi connectivity index (χ0v) is 14.4. The van der Waals surface area contributed by atoms with E-state index in [0.717, 1.165) is 12.5 Å². The van der Waals surface area contributed by atoms with Crippen molar-refractivity contribution in [3.8, 4) is 5.75 Å². The maximum atomic E-state index is 13.3. The van der Waals surface area contributed by atoms with Crippen LogP contribution in [0.5, 0.6) is 5.75 Å². The Hall–Kier alpha value is -1.68. The minimum absolute atomic E-state index is 0.127. The SMILES string of the molecule is CO[Si](C)(C)CCCCNC(=O)Oc1c(F)c(F)c(F)c(F)c1F. The Bertz CT molecular complexity index is 584. The normalized spacial score (nSPS) is 11.5. The van der Waals surface area contributed by atoms with Crippen LogP contribution in [-0.4, -0.2) is 28.1 Å². The first-order chi connectivity index (χ1) is 11.1. The number of rotatable bonds is 7. The van der Waals surface area contributed by atoms with Gasteiger partial charge in [0.2, 0.25) is 34.8 Å². The number of amides is 1. The summed E-state index contributed by atoms with van der Waals surface area (Å²) in [6.45, 7) is 4.18. The number of nitrogens with one attached hydrogen (secondary N) is 1. The van der Waals surface area contributed by atoms with E-state index in [1.165, 1.54) is 0 Å². The Morgan fingerprint density at radius 3 is 1.96 bits per heavy atom. The molecule has 0 bridgehead atoms. The topological polar surface area (TPSA) is 47.6 Å². The van der Waals surface area contributed by atoms with E-state index < -0.39 is 49.2 Å². The van der Waals surface area contributed by atoms with Crippen LogP contribution in [0.25, 0.3) is 0 Å². The second kappa shape index (κ2) is 8.43. The lowest BCUT2D eigenvalue weighted by Gasteiger charge is -2.19. The lowest BCUT2D eigenvalue weighted by Crippen LogP contribution is -2.30. The van der Waals surface area contributed by atoms with E-state index in [-0.39, 0.29) is 6.54 Å². The first-order valence-corrected chi connectivity index (χ1v) is 10.2. The molecule has 0 aliphatic heterocycles. The molecule has 0 aliphatic rings. The molecule has 1 amide bonds. The average Bonchev–Trinajstić information content (AvgIpc) is 2.54. The van der Waals surface area contributed by atoms with Gasteiger partial charge in [-0.3, -0.25) is 0 Å². The molecule has 1 aromatic rings. The number of ether oxygens (including phenoxy) is 1. The predicted octanol–water partition coefficient (Wildman–Crippen LogP) is 4.10. The third-order valence-corrected chi connectivity index (χ3v) is 6.05. The standard InChI is InChI=1S/C14H18F5NO3Si/c1-22-24(2,3)7-5-4-6-20-14(21)23-13-11(18)9(16)8(15)10(17)12(13)19/h4-7H2,1-3H3,(H,20,21). The number of benzene rings is 1. The minimum Gasteiger partial charge on any atom is -0.420 e. The van der Waals surface area contributed by atoms with Gasteiger partial charge in [0.15, 0.2) is 8.32 Å². The van der Waals surface area contributed by atoms with Crippen LogP contribution >= 0.6 is 0 Å². The Balaban J connectivity index is 2.55. The van der Waals surface area contributed by atoms with Gasteiger partial charge >= 0.3 is 6.09 Å². The molecule has 0 atom stereocenters. The monoisotopic (exact) mass is 371 g/mol. The van der Waals surface area contributed by atoms with Crippen LogP contribution < -0.4 is 10.1 Å². The van der Waals surface area contributed by atoms with E-state index in [1.807, 2.05) is 13.1 Å². The number of hydrogen-bond donors (Lipinski definition) is 1. The Labute approximate surface area is 137 Å². The van der Waals surface area contributed by atoms with Crippen LogP contribution in [0.2, 0.25) is 19.1 Å². The zero-order chi connectivity index (χ0) is 18.5. The number of carbonyl (C=O) groups excluding carboxylic acids is 1. The molecule has 1 N–H and O–H groups in total. The third-order valence-electron chi connectivity index (χ3n) is 3.39. The molecule has 10 heteroatoms. The molecule has 1 rings (SSSR count). The molecule has 0 aromatic heterocycles. The van der Waals surface area contributed by atoms with Gasteiger partial charge in [-0.2, -0.15) is 8.78 Å². The summed E-state index contributed by atoms with van der Waals surface area (Å²) < 4.78 is 75.0. The van der Waals surface area contributed by atoms with Gasteiger partial charge in [0.1, 0.15) is 0 Å². The number of hydrogen-bond acceptors (Lipinski definition) is 3. The highest BCUT2D eigenvalue weighted by atomic mass is 28.4. The van der Waals surface area contributed by atoms with Crippen molar-refractivity contribution in [3.05, 3.63) is 29.1 Å². The number of carbonyl (C=O) groups is 1. The molecular formula is C14H18F5NO3Si. The van der Waals surface area contributed by atoms with Crippen molar-refractivity contribution in [3.63, 3.8) is 0 Å². The van der Waals surface area contributed by atoms with Crippen molar-refractivity contribution >= 4 is 14.4 Å². The summed E-state index contributed by atoms with van der Waals surface area (Å²) in [5, 5.41) is 2.18. The second-order valence-corrected chi connectivity index (χ2v) is 10.1. The zero-order valence-electron chi connectivity index (χ0n) is 13.4. The molecule has 0 spiro atoms. The van der Waals surface area contributed by atoms with Crippen LogP contribution in [0, 0.1) is 29.1 Å². The van der Waals surface area contributed by atoms with Crippen LogP contribution in [-0.2, 0) is 4.43 Å². The maximum absolute atomic E-state index is 13.3. The van der Waals surface area contributed by atoms with Crippen LogP contribution in [0.1, 0.15) is 12.8 Å². The quantitative estimate of drug-likeness (QED) is 0.258. The summed E-state index contributed by atoms with van der Waals surface area (Å²) in [7, 11) is -0.0795. The van der Waals surface area contributed by atoms with Gasteiger partial charge in [0.05, 0.1) is 0 Å². The van der Waals surface area contributed by atoms with Crippen LogP contribution in [0.4, 0.5) is 26.7 Å². The molecule has 0 heterocycles. The van der Waals surface area contributed by atoms with E-state index in [4.69, 9.17) is 4.43 Å². The smallest absolute Gasteiger partial charge is 0.412 e. The molecule has 0 unspecified atom stereocenters. The summed E-state index contributed by atoms with van der Waals surface area (Å²) in [6, 6.07) is 0.845. The fourth-order valence-corrected chi connectivity index (χ4v) is 3.08. The molecular weight excluding hydrogens is 353 g/mol. The van der Waals surface area contributed by atoms with Crippen molar-refractivity contribution in [1.82, 2.24) is 5.32 Å². The van der Waals surface area contributed by atoms with Gasteiger partial charge in [-0.15, -0.1) is 0 Å². The molecule has 4 nitrogen and oxygen atoms in total. The lowest BCUT2D eigenvalue weighted by molar-refractivity contribution is 0.193. The minimum atomic E-state index is -2.32. The average molecular weight is 371 g/mol. The Morgan fingerprint density at radius 2 is 1.46 bits per heavy atom. The largest absolute Gasteiger partial charge is 0.420 e. The highest BCUT2D eigenvalue weighted by Gasteiger charge is 2.28. The summed E-state index contributed by atoms with van der Waals surface area (Å²) in [4.78, 5) is 11.4. The molecule has 0 radical (unpaired) electrons. The van der Waals surface area contributed by atoms with Crippen molar-refractivity contribution in [1.29, 1.82) is 0 Å². The molecule has 0 saturated carbocycles. The highest BCUT2D eigenvalue weighted by molar-refractivity contribution is 6.71. The molecule has 0 saturated heterocycles. The molecule has 136 valence electrons. The first kappa shape index (κ1) is 20.4. The molecule has 1 aromatic carbocycles. The van der Waals surface area contributed by atoms with Gasteiger partial charge in [-0.25, -0.2) is 18.0 Å². The van der Waals surface area contributed by atoms with Gasteiger partial charge in [-0.05, 0) is 25.6 Å². The van der Waals surface area contributed by atoms with Gasteiger partial charge < -0.3 is 14.5 Å². The van der Waals surface area contributed by atoms with E-state index in [0.29, 0.717) is 6.42 Å². The van der Waals surface area contributed by atoms with Crippen LogP contribution in [0.15, 0.2) is 0 Å². The Kier molecular flexibility index (Phi) is 7.15. The van der Waals surface area contributed by atoms with Crippen LogP contribution in [0.3, 0.4) is 0 Å². The molecule has 0 fully saturated rings. The van der Waals surface area contributed by atoms with Gasteiger partial charge in [0, 0.05) is 13.7 Å². The fourth-order valence-electron chi connectivity index (χ4n) is 1.77. The van der Waals surface area contributed by atoms with Crippen molar-refractivity contribution in [2.24, 2.45) is 0 Å². The highest BCUT2D eigenvalue weighted by Crippen LogP contribution is 2.29. The summed E-state index contributed by atoms with van der Waals surface area (Å²) in [5.74, 6) is -12.7. The van der Waals surface area contributed by atoms with Crippen molar-refractivity contribution < 1.29 is 35.9 Å². The van der Waals surface area contributed by atoms with E-state index in [1.54, 1.807) is 7.11 Å². The third kappa shape index (κ3) is 5.16. The van der Waals surface area contributed by atoms with E-state index >= 15 is 0 Å². The lowest BCUT2D eigenvalue weighted by atomic mass is 10.2. The second-order valence-electron chi connectivity index (χ2n) is 5.64. The summed E-state index contributed by atoms with van der Waals surface area (Å²) >= 11 is 0.